The summed E-state index contributed by atoms with van der Waals surface area (Å²) >= 11 is 1.46. The largest absolute Gasteiger partial charge is 0.343 e. The van der Waals surface area contributed by atoms with Crippen molar-refractivity contribution in [3.63, 3.8) is 0 Å². The second-order valence-corrected chi connectivity index (χ2v) is 8.39. The van der Waals surface area contributed by atoms with E-state index in [1.54, 1.807) is 0 Å². The van der Waals surface area contributed by atoms with E-state index in [1.165, 1.54) is 11.3 Å². The van der Waals surface area contributed by atoms with Gasteiger partial charge < -0.3 is 10.2 Å². The maximum atomic E-state index is 12.2. The van der Waals surface area contributed by atoms with E-state index in [9.17, 15) is 9.59 Å². The monoisotopic (exact) mass is 352 g/mol. The third-order valence-electron chi connectivity index (χ3n) is 4.18. The van der Waals surface area contributed by atoms with Crippen LogP contribution in [0.15, 0.2) is 5.38 Å². The SMILES string of the molecule is CCN1CC(CN(C)CC(=O)Nc2nc(C(C)(C)C)cs2)CC1=O. The number of hydrogen-bond acceptors (Lipinski definition) is 5. The number of aromatic nitrogens is 1. The molecule has 0 saturated carbocycles. The van der Waals surface area contributed by atoms with Crippen LogP contribution < -0.4 is 5.32 Å². The summed E-state index contributed by atoms with van der Waals surface area (Å²) in [5.74, 6) is 0.462. The lowest BCUT2D eigenvalue weighted by molar-refractivity contribution is -0.127. The first-order valence-electron chi connectivity index (χ1n) is 8.41. The summed E-state index contributed by atoms with van der Waals surface area (Å²) in [4.78, 5) is 32.3. The Morgan fingerprint density at radius 1 is 1.50 bits per heavy atom. The van der Waals surface area contributed by atoms with E-state index in [4.69, 9.17) is 0 Å². The standard InChI is InChI=1S/C17H28N4O2S/c1-6-21-9-12(7-15(21)23)8-20(5)10-14(22)19-16-18-13(11-24-16)17(2,3)4/h11-12H,6-10H2,1-5H3,(H,18,19,22). The van der Waals surface area contributed by atoms with E-state index in [0.29, 0.717) is 24.0 Å². The predicted octanol–water partition coefficient (Wildman–Crippen LogP) is 2.18. The van der Waals surface area contributed by atoms with Gasteiger partial charge in [0.05, 0.1) is 12.2 Å². The molecule has 1 fully saturated rings. The van der Waals surface area contributed by atoms with Crippen molar-refractivity contribution in [2.24, 2.45) is 5.92 Å². The molecule has 1 N–H and O–H groups in total. The molecule has 1 aliphatic heterocycles. The van der Waals surface area contributed by atoms with Gasteiger partial charge in [-0.05, 0) is 19.9 Å². The van der Waals surface area contributed by atoms with Crippen LogP contribution in [-0.4, -0.2) is 59.8 Å². The van der Waals surface area contributed by atoms with Gasteiger partial charge in [0, 0.05) is 36.9 Å². The molecule has 0 radical (unpaired) electrons. The van der Waals surface area contributed by atoms with Crippen LogP contribution in [0.2, 0.25) is 0 Å². The number of amides is 2. The number of likely N-dealkylation sites (N-methyl/N-ethyl adjacent to an activating group) is 1. The summed E-state index contributed by atoms with van der Waals surface area (Å²) in [7, 11) is 1.92. The number of carbonyl (C=O) groups is 2. The Morgan fingerprint density at radius 2 is 2.21 bits per heavy atom. The highest BCUT2D eigenvalue weighted by molar-refractivity contribution is 7.13. The molecule has 0 bridgehead atoms. The van der Waals surface area contributed by atoms with Crippen LogP contribution in [0.4, 0.5) is 5.13 Å². The molecular formula is C17H28N4O2S. The molecule has 0 spiro atoms. The number of nitrogens with zero attached hydrogens (tertiary/aromatic N) is 3. The minimum Gasteiger partial charge on any atom is -0.343 e. The summed E-state index contributed by atoms with van der Waals surface area (Å²) in [6.45, 7) is 10.9. The third kappa shape index (κ3) is 5.01. The minimum atomic E-state index is -0.0658. The summed E-state index contributed by atoms with van der Waals surface area (Å²) in [6, 6.07) is 0. The van der Waals surface area contributed by atoms with Gasteiger partial charge in [-0.15, -0.1) is 11.3 Å². The maximum Gasteiger partial charge on any atom is 0.240 e. The van der Waals surface area contributed by atoms with E-state index < -0.39 is 0 Å². The summed E-state index contributed by atoms with van der Waals surface area (Å²) in [5.41, 5.74) is 0.969. The van der Waals surface area contributed by atoms with Gasteiger partial charge in [-0.3, -0.25) is 14.5 Å². The highest BCUT2D eigenvalue weighted by atomic mass is 32.1. The fraction of sp³-hybridized carbons (Fsp3) is 0.706. The molecule has 1 aromatic heterocycles. The molecule has 6 nitrogen and oxygen atoms in total. The molecule has 2 heterocycles. The number of hydrogen-bond donors (Lipinski definition) is 1. The van der Waals surface area contributed by atoms with E-state index in [-0.39, 0.29) is 17.2 Å². The Hall–Kier alpha value is -1.47. The highest BCUT2D eigenvalue weighted by Gasteiger charge is 2.29. The van der Waals surface area contributed by atoms with Gasteiger partial charge in [0.1, 0.15) is 0 Å². The molecular weight excluding hydrogens is 324 g/mol. The molecule has 2 amide bonds. The van der Waals surface area contributed by atoms with Crippen molar-refractivity contribution in [3.8, 4) is 0 Å². The third-order valence-corrected chi connectivity index (χ3v) is 4.94. The van der Waals surface area contributed by atoms with Crippen LogP contribution in [0.1, 0.15) is 39.8 Å². The van der Waals surface area contributed by atoms with Crippen molar-refractivity contribution >= 4 is 28.3 Å². The van der Waals surface area contributed by atoms with Crippen LogP contribution in [-0.2, 0) is 15.0 Å². The van der Waals surface area contributed by atoms with Gasteiger partial charge in [0.15, 0.2) is 5.13 Å². The van der Waals surface area contributed by atoms with Crippen LogP contribution in [0.25, 0.3) is 0 Å². The topological polar surface area (TPSA) is 65.5 Å². The molecule has 1 aliphatic rings. The first-order valence-corrected chi connectivity index (χ1v) is 9.29. The smallest absolute Gasteiger partial charge is 0.240 e. The molecule has 2 rings (SSSR count). The molecule has 24 heavy (non-hydrogen) atoms. The van der Waals surface area contributed by atoms with E-state index in [2.05, 4.69) is 31.1 Å². The fourth-order valence-electron chi connectivity index (χ4n) is 2.87. The second kappa shape index (κ2) is 7.61. The average Bonchev–Trinajstić information content (AvgIpc) is 3.04. The van der Waals surface area contributed by atoms with Crippen molar-refractivity contribution in [1.29, 1.82) is 0 Å². The Balaban J connectivity index is 1.80. The highest BCUT2D eigenvalue weighted by Crippen LogP contribution is 2.26. The van der Waals surface area contributed by atoms with E-state index in [0.717, 1.165) is 25.3 Å². The Kier molecular flexibility index (Phi) is 5.98. The quantitative estimate of drug-likeness (QED) is 0.852. The lowest BCUT2D eigenvalue weighted by Gasteiger charge is -2.20. The summed E-state index contributed by atoms with van der Waals surface area (Å²) < 4.78 is 0. The number of nitrogens with one attached hydrogen (secondary N) is 1. The number of rotatable bonds is 6. The van der Waals surface area contributed by atoms with Crippen LogP contribution in [0.5, 0.6) is 0 Å². The van der Waals surface area contributed by atoms with Crippen molar-refractivity contribution in [2.45, 2.75) is 39.5 Å². The zero-order valence-electron chi connectivity index (χ0n) is 15.3. The fourth-order valence-corrected chi connectivity index (χ4v) is 3.82. The molecule has 1 saturated heterocycles. The molecule has 134 valence electrons. The zero-order valence-corrected chi connectivity index (χ0v) is 16.1. The zero-order chi connectivity index (χ0) is 17.9. The normalized spacial score (nSPS) is 18.5. The summed E-state index contributed by atoms with van der Waals surface area (Å²) in [5, 5.41) is 5.50. The molecule has 1 aromatic rings. The van der Waals surface area contributed by atoms with E-state index >= 15 is 0 Å². The van der Waals surface area contributed by atoms with Gasteiger partial charge in [-0.1, -0.05) is 20.8 Å². The Morgan fingerprint density at radius 3 is 2.75 bits per heavy atom. The van der Waals surface area contributed by atoms with Gasteiger partial charge >= 0.3 is 0 Å². The van der Waals surface area contributed by atoms with Crippen LogP contribution in [0.3, 0.4) is 0 Å². The summed E-state index contributed by atoms with van der Waals surface area (Å²) in [6.07, 6.45) is 0.585. The molecule has 1 atom stereocenters. The Bertz CT molecular complexity index is 594. The molecule has 1 unspecified atom stereocenters. The molecule has 0 aliphatic carbocycles. The van der Waals surface area contributed by atoms with Gasteiger partial charge in [0.2, 0.25) is 11.8 Å². The first-order chi connectivity index (χ1) is 11.2. The maximum absolute atomic E-state index is 12.2. The number of anilines is 1. The molecule has 0 aromatic carbocycles. The van der Waals surface area contributed by atoms with Gasteiger partial charge in [-0.2, -0.15) is 0 Å². The van der Waals surface area contributed by atoms with Crippen molar-refractivity contribution in [2.75, 3.05) is 38.5 Å². The van der Waals surface area contributed by atoms with E-state index in [1.807, 2.05) is 29.2 Å². The Labute approximate surface area is 148 Å². The van der Waals surface area contributed by atoms with Crippen molar-refractivity contribution < 1.29 is 9.59 Å². The minimum absolute atomic E-state index is 0.0174. The van der Waals surface area contributed by atoms with Crippen LogP contribution in [0, 0.1) is 5.92 Å². The number of likely N-dealkylation sites (tertiary alicyclic amines) is 1. The van der Waals surface area contributed by atoms with Gasteiger partial charge in [-0.25, -0.2) is 4.98 Å². The first kappa shape index (κ1) is 18.9. The number of carbonyl (C=O) groups excluding carboxylic acids is 2. The lowest BCUT2D eigenvalue weighted by atomic mass is 9.93. The average molecular weight is 353 g/mol. The molecule has 7 heteroatoms. The van der Waals surface area contributed by atoms with Crippen LogP contribution >= 0.6 is 11.3 Å². The van der Waals surface area contributed by atoms with Crippen molar-refractivity contribution in [1.82, 2.24) is 14.8 Å². The van der Waals surface area contributed by atoms with Crippen molar-refractivity contribution in [3.05, 3.63) is 11.1 Å². The lowest BCUT2D eigenvalue weighted by Crippen LogP contribution is -2.34. The van der Waals surface area contributed by atoms with Gasteiger partial charge in [0.25, 0.3) is 0 Å². The second-order valence-electron chi connectivity index (χ2n) is 7.54. The number of thiazole rings is 1. The predicted molar refractivity (Wildman–Crippen MR) is 97.3 cm³/mol.